The maximum Gasteiger partial charge on any atom is 0.344 e. The molecule has 0 spiro atoms. The highest BCUT2D eigenvalue weighted by Crippen LogP contribution is 2.39. The van der Waals surface area contributed by atoms with Crippen molar-refractivity contribution in [2.24, 2.45) is 0 Å². The molecule has 160 valence electrons. The first-order valence-electron chi connectivity index (χ1n) is 9.37. The van der Waals surface area contributed by atoms with Gasteiger partial charge in [-0.05, 0) is 24.6 Å². The van der Waals surface area contributed by atoms with E-state index in [2.05, 4.69) is 0 Å². The van der Waals surface area contributed by atoms with Gasteiger partial charge in [0.15, 0.2) is 11.3 Å². The van der Waals surface area contributed by atoms with Gasteiger partial charge >= 0.3 is 5.63 Å². The van der Waals surface area contributed by atoms with E-state index in [1.165, 1.54) is 7.11 Å². The van der Waals surface area contributed by atoms with Crippen molar-refractivity contribution in [3.8, 4) is 11.5 Å². The van der Waals surface area contributed by atoms with Crippen LogP contribution in [0.4, 0.5) is 0 Å². The lowest BCUT2D eigenvalue weighted by Gasteiger charge is -2.39. The van der Waals surface area contributed by atoms with Gasteiger partial charge in [-0.3, -0.25) is 0 Å². The summed E-state index contributed by atoms with van der Waals surface area (Å²) in [5, 5.41) is 41.2. The second kappa shape index (κ2) is 7.86. The molecule has 0 saturated carbocycles. The van der Waals surface area contributed by atoms with Crippen molar-refractivity contribution >= 4 is 21.7 Å². The normalized spacial score (nSPS) is 26.8. The molecule has 0 unspecified atom stereocenters. The van der Waals surface area contributed by atoms with E-state index in [1.54, 1.807) is 18.2 Å². The van der Waals surface area contributed by atoms with Crippen LogP contribution in [0.15, 0.2) is 39.5 Å². The Morgan fingerprint density at radius 2 is 1.80 bits per heavy atom. The van der Waals surface area contributed by atoms with Gasteiger partial charge in [-0.2, -0.15) is 0 Å². The van der Waals surface area contributed by atoms with Crippen LogP contribution in [0, 0.1) is 6.92 Å². The molecule has 2 heterocycles. The quantitative estimate of drug-likeness (QED) is 0.351. The summed E-state index contributed by atoms with van der Waals surface area (Å²) in [6.07, 6.45) is -7.20. The lowest BCUT2D eigenvalue weighted by Crippen LogP contribution is -2.60. The first kappa shape index (κ1) is 20.6. The average Bonchev–Trinajstić information content (AvgIpc) is 2.74. The highest BCUT2D eigenvalue weighted by molar-refractivity contribution is 6.07. The second-order valence-electron chi connectivity index (χ2n) is 7.18. The lowest BCUT2D eigenvalue weighted by molar-refractivity contribution is -0.277. The van der Waals surface area contributed by atoms with E-state index in [0.717, 1.165) is 5.56 Å². The predicted molar refractivity (Wildman–Crippen MR) is 106 cm³/mol. The Morgan fingerprint density at radius 1 is 1.03 bits per heavy atom. The first-order chi connectivity index (χ1) is 14.4. The number of aliphatic hydroxyl groups is 4. The van der Waals surface area contributed by atoms with Gasteiger partial charge in [-0.15, -0.1) is 0 Å². The predicted octanol–water partition coefficient (Wildman–Crippen LogP) is 0.442. The minimum atomic E-state index is -1.59. The zero-order valence-corrected chi connectivity index (χ0v) is 16.3. The third-order valence-electron chi connectivity index (χ3n) is 5.33. The van der Waals surface area contributed by atoms with Crippen LogP contribution in [0.3, 0.4) is 0 Å². The minimum Gasteiger partial charge on any atom is -0.490 e. The summed E-state index contributed by atoms with van der Waals surface area (Å²) in [7, 11) is 1.37. The first-order valence-corrected chi connectivity index (χ1v) is 9.37. The van der Waals surface area contributed by atoms with E-state index in [-0.39, 0.29) is 17.1 Å². The lowest BCUT2D eigenvalue weighted by atomic mass is 9.99. The Hall–Kier alpha value is -2.69. The largest absolute Gasteiger partial charge is 0.490 e. The number of fused-ring (bicyclic) bond motifs is 3. The molecule has 4 rings (SSSR count). The van der Waals surface area contributed by atoms with Crippen LogP contribution in [0.1, 0.15) is 5.56 Å². The maximum absolute atomic E-state index is 12.6. The number of aliphatic hydroxyl groups excluding tert-OH is 4. The molecule has 0 amide bonds. The van der Waals surface area contributed by atoms with Gasteiger partial charge < -0.3 is 39.1 Å². The van der Waals surface area contributed by atoms with E-state index in [4.69, 9.17) is 18.6 Å². The Kier molecular flexibility index (Phi) is 5.39. The molecule has 1 aliphatic rings. The number of rotatable bonds is 4. The van der Waals surface area contributed by atoms with Crippen LogP contribution in [0.25, 0.3) is 21.7 Å². The molecule has 5 atom stereocenters. The molecule has 2 aromatic carbocycles. The van der Waals surface area contributed by atoms with Crippen molar-refractivity contribution in [2.45, 2.75) is 37.6 Å². The molecule has 1 saturated heterocycles. The molecule has 30 heavy (non-hydrogen) atoms. The van der Waals surface area contributed by atoms with Crippen molar-refractivity contribution in [1.82, 2.24) is 0 Å². The van der Waals surface area contributed by atoms with E-state index >= 15 is 0 Å². The summed E-state index contributed by atoms with van der Waals surface area (Å²) in [5.41, 5.74) is 0.408. The van der Waals surface area contributed by atoms with Crippen molar-refractivity contribution < 1.29 is 39.1 Å². The zero-order chi connectivity index (χ0) is 21.6. The molecular formula is C21H22O9. The third-order valence-corrected chi connectivity index (χ3v) is 5.33. The standard InChI is InChI=1S/C21H22O9/c1-9-4-3-5-10-11-6-7-12(19(27-2)18(11)30-20(26)14(9)10)28-21-17(25)16(24)15(23)13(8-22)29-21/h3-7,13,15-17,21-25H,8H2,1-2H3/t13-,15-,16+,17-,21-/m1/s1. The van der Waals surface area contributed by atoms with Crippen molar-refractivity contribution in [3.63, 3.8) is 0 Å². The Balaban J connectivity index is 1.81. The summed E-state index contributed by atoms with van der Waals surface area (Å²) in [6, 6.07) is 8.70. The number of hydrogen-bond acceptors (Lipinski definition) is 9. The topological polar surface area (TPSA) is 139 Å². The van der Waals surface area contributed by atoms with Gasteiger partial charge in [-0.25, -0.2) is 4.79 Å². The number of aryl methyl sites for hydroxylation is 1. The highest BCUT2D eigenvalue weighted by atomic mass is 16.7. The van der Waals surface area contributed by atoms with Crippen molar-refractivity contribution in [2.75, 3.05) is 13.7 Å². The second-order valence-corrected chi connectivity index (χ2v) is 7.18. The molecule has 1 fully saturated rings. The molecule has 9 nitrogen and oxygen atoms in total. The Morgan fingerprint density at radius 3 is 2.50 bits per heavy atom. The Labute approximate surface area is 170 Å². The fraction of sp³-hybridized carbons (Fsp3) is 0.381. The van der Waals surface area contributed by atoms with Crippen LogP contribution >= 0.6 is 0 Å². The zero-order valence-electron chi connectivity index (χ0n) is 16.3. The monoisotopic (exact) mass is 418 g/mol. The summed E-state index contributed by atoms with van der Waals surface area (Å²) in [4.78, 5) is 12.6. The Bertz CT molecular complexity index is 1140. The number of hydrogen-bond donors (Lipinski definition) is 4. The molecule has 0 radical (unpaired) electrons. The molecule has 4 N–H and O–H groups in total. The summed E-state index contributed by atoms with van der Waals surface area (Å²) >= 11 is 0. The molecular weight excluding hydrogens is 396 g/mol. The van der Waals surface area contributed by atoms with E-state index in [0.29, 0.717) is 16.2 Å². The molecule has 1 aromatic heterocycles. The van der Waals surface area contributed by atoms with E-state index < -0.39 is 42.9 Å². The van der Waals surface area contributed by atoms with Crippen LogP contribution in [0.2, 0.25) is 0 Å². The molecule has 1 aliphatic heterocycles. The van der Waals surface area contributed by atoms with Crippen molar-refractivity contribution in [3.05, 3.63) is 46.3 Å². The third kappa shape index (κ3) is 3.21. The summed E-state index contributed by atoms with van der Waals surface area (Å²) < 4.78 is 22.0. The van der Waals surface area contributed by atoms with Gasteiger partial charge in [0.05, 0.1) is 19.1 Å². The number of methoxy groups -OCH3 is 1. The van der Waals surface area contributed by atoms with Crippen LogP contribution in [0.5, 0.6) is 11.5 Å². The van der Waals surface area contributed by atoms with Gasteiger partial charge in [0.1, 0.15) is 24.4 Å². The fourth-order valence-corrected chi connectivity index (χ4v) is 3.74. The van der Waals surface area contributed by atoms with Gasteiger partial charge in [0.2, 0.25) is 12.0 Å². The summed E-state index contributed by atoms with van der Waals surface area (Å²) in [5.74, 6) is 0.189. The smallest absolute Gasteiger partial charge is 0.344 e. The highest BCUT2D eigenvalue weighted by Gasteiger charge is 2.45. The maximum atomic E-state index is 12.6. The molecule has 3 aromatic rings. The van der Waals surface area contributed by atoms with Gasteiger partial charge in [0.25, 0.3) is 0 Å². The van der Waals surface area contributed by atoms with Gasteiger partial charge in [0, 0.05) is 10.8 Å². The van der Waals surface area contributed by atoms with Crippen LogP contribution in [-0.2, 0) is 4.74 Å². The minimum absolute atomic E-state index is 0.0875. The fourth-order valence-electron chi connectivity index (χ4n) is 3.74. The summed E-state index contributed by atoms with van der Waals surface area (Å²) in [6.45, 7) is 1.23. The molecule has 0 aliphatic carbocycles. The SMILES string of the molecule is COc1c(O[C@@H]2O[C@H](CO)[C@@H](O)[C@H](O)[C@H]2O)ccc2c1oc(=O)c1c(C)cccc12. The van der Waals surface area contributed by atoms with Crippen molar-refractivity contribution in [1.29, 1.82) is 0 Å². The molecule has 0 bridgehead atoms. The van der Waals surface area contributed by atoms with E-state index in [9.17, 15) is 25.2 Å². The number of benzene rings is 2. The molecule has 9 heteroatoms. The van der Waals surface area contributed by atoms with E-state index in [1.807, 2.05) is 19.1 Å². The van der Waals surface area contributed by atoms with Crippen LogP contribution in [-0.4, -0.2) is 64.8 Å². The van der Waals surface area contributed by atoms with Gasteiger partial charge in [-0.1, -0.05) is 18.2 Å². The average molecular weight is 418 g/mol. The number of ether oxygens (including phenoxy) is 3. The van der Waals surface area contributed by atoms with Crippen LogP contribution < -0.4 is 15.1 Å².